The van der Waals surface area contributed by atoms with E-state index in [1.807, 2.05) is 32.9 Å². The van der Waals surface area contributed by atoms with Crippen molar-refractivity contribution in [1.82, 2.24) is 0 Å². The van der Waals surface area contributed by atoms with Gasteiger partial charge in [-0.25, -0.2) is 0 Å². The number of nitrogens with two attached hydrogens (primary N) is 1. The van der Waals surface area contributed by atoms with Crippen LogP contribution in [0.1, 0.15) is 20.8 Å². The maximum atomic E-state index is 4.50. The van der Waals surface area contributed by atoms with Crippen molar-refractivity contribution in [2.45, 2.75) is 20.8 Å². The lowest BCUT2D eigenvalue weighted by atomic mass is 10.6. The molecule has 0 aromatic rings. The first-order valence-electron chi connectivity index (χ1n) is 4.90. The zero-order valence-electron chi connectivity index (χ0n) is 10.9. The summed E-state index contributed by atoms with van der Waals surface area (Å²) in [6.07, 6.45) is 10.6. The van der Waals surface area contributed by atoms with Gasteiger partial charge in [-0.3, -0.25) is 4.99 Å². The molecule has 0 spiro atoms. The molecule has 0 fully saturated rings. The van der Waals surface area contributed by atoms with E-state index in [2.05, 4.69) is 36.5 Å². The van der Waals surface area contributed by atoms with E-state index in [1.54, 1.807) is 30.0 Å². The van der Waals surface area contributed by atoms with Gasteiger partial charge in [-0.2, -0.15) is 0 Å². The van der Waals surface area contributed by atoms with E-state index >= 15 is 0 Å². The summed E-state index contributed by atoms with van der Waals surface area (Å²) in [4.78, 5) is 3.81. The van der Waals surface area contributed by atoms with Crippen LogP contribution in [-0.2, 0) is 0 Å². The van der Waals surface area contributed by atoms with Crippen LogP contribution in [0.3, 0.4) is 0 Å². The molecule has 0 amide bonds. The Balaban J connectivity index is -0.0000000752. The van der Waals surface area contributed by atoms with Crippen LogP contribution < -0.4 is 5.73 Å². The Kier molecular flexibility index (Phi) is 73.5. The summed E-state index contributed by atoms with van der Waals surface area (Å²) >= 11 is 3.80. The predicted octanol–water partition coefficient (Wildman–Crippen LogP) is 3.99. The van der Waals surface area contributed by atoms with Gasteiger partial charge in [0.25, 0.3) is 0 Å². The van der Waals surface area contributed by atoms with Gasteiger partial charge in [-0.1, -0.05) is 18.2 Å². The van der Waals surface area contributed by atoms with Gasteiger partial charge in [0.05, 0.1) is 0 Å². The smallest absolute Gasteiger partial charge is 0.0328 e. The molecule has 0 heterocycles. The van der Waals surface area contributed by atoms with Crippen LogP contribution in [0.5, 0.6) is 0 Å². The number of rotatable bonds is 2. The van der Waals surface area contributed by atoms with E-state index in [0.29, 0.717) is 0 Å². The van der Waals surface area contributed by atoms with E-state index in [-0.39, 0.29) is 0 Å². The van der Waals surface area contributed by atoms with Gasteiger partial charge in [0.1, 0.15) is 0 Å². The molecule has 0 bridgehead atoms. The topological polar surface area (TPSA) is 38.4 Å². The molecule has 0 rings (SSSR count). The lowest BCUT2D eigenvalue weighted by Crippen LogP contribution is -1.69. The molecule has 0 radical (unpaired) electrons. The van der Waals surface area contributed by atoms with Gasteiger partial charge in [0.2, 0.25) is 0 Å². The molecule has 0 aliphatic heterocycles. The van der Waals surface area contributed by atoms with Crippen LogP contribution in [0, 0.1) is 0 Å². The molecule has 0 saturated heterocycles. The minimum atomic E-state index is 1.50. The van der Waals surface area contributed by atoms with Crippen molar-refractivity contribution in [3.05, 3.63) is 49.1 Å². The van der Waals surface area contributed by atoms with Gasteiger partial charge in [0, 0.05) is 12.4 Å². The summed E-state index contributed by atoms with van der Waals surface area (Å²) in [6.45, 7) is 12.4. The van der Waals surface area contributed by atoms with Gasteiger partial charge in [0.15, 0.2) is 0 Å². The van der Waals surface area contributed by atoms with Gasteiger partial charge < -0.3 is 5.73 Å². The number of hydrogen-bond donors (Lipinski definition) is 2. The molecular weight excluding hydrogens is 216 g/mol. The van der Waals surface area contributed by atoms with Crippen molar-refractivity contribution in [2.75, 3.05) is 7.05 Å². The van der Waals surface area contributed by atoms with Crippen LogP contribution in [-0.4, -0.2) is 13.3 Å². The van der Waals surface area contributed by atoms with Crippen molar-refractivity contribution in [3.63, 3.8) is 0 Å². The van der Waals surface area contributed by atoms with Gasteiger partial charge in [-0.05, 0) is 39.3 Å². The minimum Gasteiger partial charge on any atom is -0.333 e. The third kappa shape index (κ3) is 119. The van der Waals surface area contributed by atoms with Gasteiger partial charge in [-0.15, -0.1) is 25.8 Å². The van der Waals surface area contributed by atoms with Crippen LogP contribution in [0.25, 0.3) is 0 Å². The van der Waals surface area contributed by atoms with Crippen LogP contribution in [0.4, 0.5) is 0 Å². The Morgan fingerprint density at radius 2 is 1.44 bits per heavy atom. The molecule has 0 atom stereocenters. The maximum Gasteiger partial charge on any atom is 0.0328 e. The fourth-order valence-electron chi connectivity index (χ4n) is 0.224. The number of allylic oxidation sites excluding steroid dienone is 4. The lowest BCUT2D eigenvalue weighted by molar-refractivity contribution is 1.48. The summed E-state index contributed by atoms with van der Waals surface area (Å²) in [6, 6.07) is 0. The van der Waals surface area contributed by atoms with Gasteiger partial charge >= 0.3 is 0 Å². The van der Waals surface area contributed by atoms with E-state index in [1.165, 1.54) is 7.05 Å². The molecule has 16 heavy (non-hydrogen) atoms. The van der Waals surface area contributed by atoms with Crippen LogP contribution >= 0.6 is 12.6 Å². The Bertz CT molecular complexity index is 162. The van der Waals surface area contributed by atoms with Crippen molar-refractivity contribution in [2.24, 2.45) is 10.7 Å². The van der Waals surface area contributed by atoms with E-state index < -0.39 is 0 Å². The Hall–Kier alpha value is -1.06. The Labute approximate surface area is 107 Å². The van der Waals surface area contributed by atoms with E-state index in [4.69, 9.17) is 0 Å². The summed E-state index contributed by atoms with van der Waals surface area (Å²) in [5, 5.41) is 1.58. The standard InChI is InChI=1S/C6H9NS.2C3H6.CH5N/c1-2-3-4-7-5-6-8;2*1-3-2;1-2/h2-6,8H,1H3;2*3H,1H2,2H3;2H2,1H3/b3-2+,6-5-,7-4+;;;. The van der Waals surface area contributed by atoms with E-state index in [9.17, 15) is 0 Å². The molecule has 2 N–H and O–H groups in total. The van der Waals surface area contributed by atoms with E-state index in [0.717, 1.165) is 0 Å². The molecule has 0 aromatic heterocycles. The van der Waals surface area contributed by atoms with Crippen molar-refractivity contribution >= 4 is 18.8 Å². The second kappa shape index (κ2) is 48.5. The molecule has 2 nitrogen and oxygen atoms in total. The second-order valence-electron chi connectivity index (χ2n) is 1.94. The third-order valence-electron chi connectivity index (χ3n) is 0.517. The fraction of sp³-hybridized carbons (Fsp3) is 0.308. The highest BCUT2D eigenvalue weighted by Gasteiger charge is 1.55. The Morgan fingerprint density at radius 1 is 1.06 bits per heavy atom. The zero-order valence-corrected chi connectivity index (χ0v) is 11.8. The molecule has 0 unspecified atom stereocenters. The first-order valence-corrected chi connectivity index (χ1v) is 5.42. The number of nitrogens with zero attached hydrogens (tertiary/aromatic N) is 1. The zero-order chi connectivity index (χ0) is 13.7. The monoisotopic (exact) mass is 242 g/mol. The highest BCUT2D eigenvalue weighted by atomic mass is 32.1. The highest BCUT2D eigenvalue weighted by molar-refractivity contribution is 7.83. The maximum absolute atomic E-state index is 4.50. The van der Waals surface area contributed by atoms with Crippen molar-refractivity contribution in [3.8, 4) is 0 Å². The minimum absolute atomic E-state index is 1.50. The normalized spacial score (nSPS) is 8.38. The third-order valence-corrected chi connectivity index (χ3v) is 0.651. The largest absolute Gasteiger partial charge is 0.333 e. The van der Waals surface area contributed by atoms with Crippen molar-refractivity contribution < 1.29 is 0 Å². The first-order chi connectivity index (χ1) is 7.74. The molecule has 0 aromatic carbocycles. The fourth-order valence-corrected chi connectivity index (χ4v) is 0.301. The molecule has 0 aliphatic rings. The molecule has 0 saturated carbocycles. The number of aliphatic imine (C=N–C) groups is 1. The quantitative estimate of drug-likeness (QED) is 0.429. The SMILES string of the molecule is C/C=C/C=N/C=C\S.C=CC.C=CC.CN. The Morgan fingerprint density at radius 3 is 1.69 bits per heavy atom. The number of thiol groups is 1. The second-order valence-corrected chi connectivity index (χ2v) is 2.24. The molecule has 3 heteroatoms. The molecular formula is C13H26N2S. The predicted molar refractivity (Wildman–Crippen MR) is 83.3 cm³/mol. The highest BCUT2D eigenvalue weighted by Crippen LogP contribution is 1.76. The lowest BCUT2D eigenvalue weighted by Gasteiger charge is -1.68. The summed E-state index contributed by atoms with van der Waals surface area (Å²) < 4.78 is 0. The van der Waals surface area contributed by atoms with Crippen LogP contribution in [0.15, 0.2) is 54.1 Å². The van der Waals surface area contributed by atoms with Crippen molar-refractivity contribution in [1.29, 1.82) is 0 Å². The summed E-state index contributed by atoms with van der Waals surface area (Å²) in [5.41, 5.74) is 4.50. The summed E-state index contributed by atoms with van der Waals surface area (Å²) in [5.74, 6) is 0. The average molecular weight is 242 g/mol. The molecule has 94 valence electrons. The van der Waals surface area contributed by atoms with Crippen LogP contribution in [0.2, 0.25) is 0 Å². The first kappa shape index (κ1) is 24.3. The summed E-state index contributed by atoms with van der Waals surface area (Å²) in [7, 11) is 1.50. The number of hydrogen-bond acceptors (Lipinski definition) is 3. The molecule has 0 aliphatic carbocycles. The average Bonchev–Trinajstić information content (AvgIpc) is 2.30.